The molecule has 0 aliphatic carbocycles. The van der Waals surface area contributed by atoms with Crippen molar-refractivity contribution in [3.8, 4) is 5.75 Å². The maximum atomic E-state index is 6.15. The predicted octanol–water partition coefficient (Wildman–Crippen LogP) is 2.55. The highest BCUT2D eigenvalue weighted by atomic mass is 35.5. The first-order valence-corrected chi connectivity index (χ1v) is 6.63. The van der Waals surface area contributed by atoms with Crippen LogP contribution in [0.2, 0.25) is 5.15 Å². The van der Waals surface area contributed by atoms with Crippen LogP contribution in [0.3, 0.4) is 0 Å². The molecule has 2 rings (SSSR count). The van der Waals surface area contributed by atoms with Gasteiger partial charge in [-0.25, -0.2) is 0 Å². The number of halogens is 1. The fraction of sp³-hybridized carbons (Fsp3) is 0.357. The minimum absolute atomic E-state index is 0.626. The molecule has 0 aliphatic rings. The molecule has 0 bridgehead atoms. The minimum Gasteiger partial charge on any atom is -0.492 e. The van der Waals surface area contributed by atoms with Gasteiger partial charge in [-0.15, -0.1) is 0 Å². The van der Waals surface area contributed by atoms with E-state index in [1.165, 1.54) is 0 Å². The average Bonchev–Trinajstić information content (AvgIpc) is 2.65. The third-order valence-corrected chi connectivity index (χ3v) is 3.34. The molecule has 0 fully saturated rings. The molecular weight excluding hydrogens is 262 g/mol. The predicted molar refractivity (Wildman–Crippen MR) is 76.6 cm³/mol. The van der Waals surface area contributed by atoms with E-state index in [2.05, 4.69) is 10.4 Å². The zero-order valence-corrected chi connectivity index (χ0v) is 11.9. The molecule has 2 aromatic rings. The van der Waals surface area contributed by atoms with Crippen LogP contribution in [-0.4, -0.2) is 22.9 Å². The number of rotatable bonds is 6. The summed E-state index contributed by atoms with van der Waals surface area (Å²) in [6.45, 7) is 4.06. The van der Waals surface area contributed by atoms with Crippen LogP contribution >= 0.6 is 11.6 Å². The lowest BCUT2D eigenvalue weighted by atomic mass is 10.2. The molecule has 0 radical (unpaired) electrons. The van der Waals surface area contributed by atoms with E-state index in [9.17, 15) is 0 Å². The van der Waals surface area contributed by atoms with Gasteiger partial charge in [-0.1, -0.05) is 29.8 Å². The number of ether oxygens (including phenoxy) is 1. The van der Waals surface area contributed by atoms with E-state index in [1.807, 2.05) is 44.3 Å². The fourth-order valence-corrected chi connectivity index (χ4v) is 2.09. The number of para-hydroxylation sites is 1. The summed E-state index contributed by atoms with van der Waals surface area (Å²) in [6.07, 6.45) is 0. The standard InChI is InChI=1S/C14H18ClN3O/c1-11-13(14(15)18(2)17-11)10-16-8-9-19-12-6-4-3-5-7-12/h3-7,16H,8-10H2,1-2H3. The number of aryl methyl sites for hydroxylation is 2. The normalized spacial score (nSPS) is 10.7. The largest absolute Gasteiger partial charge is 0.492 e. The molecule has 0 saturated heterocycles. The minimum atomic E-state index is 0.626. The Bertz CT molecular complexity index is 525. The van der Waals surface area contributed by atoms with Crippen molar-refractivity contribution in [2.24, 2.45) is 7.05 Å². The van der Waals surface area contributed by atoms with E-state index in [0.717, 1.165) is 23.6 Å². The third kappa shape index (κ3) is 3.72. The Morgan fingerprint density at radius 1 is 1.32 bits per heavy atom. The van der Waals surface area contributed by atoms with Crippen molar-refractivity contribution in [2.75, 3.05) is 13.2 Å². The molecule has 0 saturated carbocycles. The van der Waals surface area contributed by atoms with Crippen LogP contribution in [-0.2, 0) is 13.6 Å². The summed E-state index contributed by atoms with van der Waals surface area (Å²) in [5, 5.41) is 8.26. The summed E-state index contributed by atoms with van der Waals surface area (Å²) in [5.74, 6) is 0.889. The van der Waals surface area contributed by atoms with Gasteiger partial charge in [-0.3, -0.25) is 4.68 Å². The lowest BCUT2D eigenvalue weighted by Crippen LogP contribution is -2.21. The number of hydrogen-bond donors (Lipinski definition) is 1. The number of hydrogen-bond acceptors (Lipinski definition) is 3. The second-order valence-corrected chi connectivity index (χ2v) is 4.67. The molecule has 1 aromatic carbocycles. The Morgan fingerprint density at radius 2 is 2.05 bits per heavy atom. The second-order valence-electron chi connectivity index (χ2n) is 4.32. The zero-order valence-electron chi connectivity index (χ0n) is 11.2. The highest BCUT2D eigenvalue weighted by molar-refractivity contribution is 6.30. The zero-order chi connectivity index (χ0) is 13.7. The Balaban J connectivity index is 1.72. The molecule has 4 nitrogen and oxygen atoms in total. The van der Waals surface area contributed by atoms with E-state index in [0.29, 0.717) is 18.3 Å². The lowest BCUT2D eigenvalue weighted by molar-refractivity contribution is 0.313. The maximum Gasteiger partial charge on any atom is 0.131 e. The molecule has 1 N–H and O–H groups in total. The SMILES string of the molecule is Cc1nn(C)c(Cl)c1CNCCOc1ccccc1. The first-order chi connectivity index (χ1) is 9.18. The number of benzene rings is 1. The Labute approximate surface area is 118 Å². The van der Waals surface area contributed by atoms with Crippen molar-refractivity contribution in [3.63, 3.8) is 0 Å². The first-order valence-electron chi connectivity index (χ1n) is 6.25. The van der Waals surface area contributed by atoms with Crippen molar-refractivity contribution >= 4 is 11.6 Å². The maximum absolute atomic E-state index is 6.15. The molecule has 0 atom stereocenters. The molecule has 0 aliphatic heterocycles. The highest BCUT2D eigenvalue weighted by Crippen LogP contribution is 2.17. The number of aromatic nitrogens is 2. The molecule has 19 heavy (non-hydrogen) atoms. The van der Waals surface area contributed by atoms with Gasteiger partial charge in [0.1, 0.15) is 17.5 Å². The van der Waals surface area contributed by atoms with Gasteiger partial charge in [-0.05, 0) is 19.1 Å². The molecule has 102 valence electrons. The van der Waals surface area contributed by atoms with E-state index < -0.39 is 0 Å². The quantitative estimate of drug-likeness (QED) is 0.826. The van der Waals surface area contributed by atoms with Crippen molar-refractivity contribution in [1.82, 2.24) is 15.1 Å². The van der Waals surface area contributed by atoms with Crippen molar-refractivity contribution in [2.45, 2.75) is 13.5 Å². The fourth-order valence-electron chi connectivity index (χ4n) is 1.85. The monoisotopic (exact) mass is 279 g/mol. The topological polar surface area (TPSA) is 39.1 Å². The summed E-state index contributed by atoms with van der Waals surface area (Å²) < 4.78 is 7.28. The van der Waals surface area contributed by atoms with Gasteiger partial charge in [0, 0.05) is 25.7 Å². The third-order valence-electron chi connectivity index (χ3n) is 2.86. The van der Waals surface area contributed by atoms with Crippen LogP contribution in [0, 0.1) is 6.92 Å². The van der Waals surface area contributed by atoms with Crippen molar-refractivity contribution in [1.29, 1.82) is 0 Å². The molecular formula is C14H18ClN3O. The number of nitrogens with one attached hydrogen (secondary N) is 1. The van der Waals surface area contributed by atoms with Gasteiger partial charge in [0.05, 0.1) is 5.69 Å². The van der Waals surface area contributed by atoms with Gasteiger partial charge >= 0.3 is 0 Å². The summed E-state index contributed by atoms with van der Waals surface area (Å²) in [5.41, 5.74) is 2.01. The molecule has 5 heteroatoms. The number of nitrogens with zero attached hydrogens (tertiary/aromatic N) is 2. The van der Waals surface area contributed by atoms with Gasteiger partial charge < -0.3 is 10.1 Å². The van der Waals surface area contributed by atoms with Crippen LogP contribution in [0.15, 0.2) is 30.3 Å². The smallest absolute Gasteiger partial charge is 0.131 e. The molecule has 0 amide bonds. The van der Waals surface area contributed by atoms with Gasteiger partial charge in [0.25, 0.3) is 0 Å². The summed E-state index contributed by atoms with van der Waals surface area (Å²) in [6, 6.07) is 9.78. The first kappa shape index (κ1) is 13.9. The molecule has 1 heterocycles. The molecule has 1 aromatic heterocycles. The Hall–Kier alpha value is -1.52. The average molecular weight is 280 g/mol. The van der Waals surface area contributed by atoms with Crippen LogP contribution in [0.5, 0.6) is 5.75 Å². The Morgan fingerprint density at radius 3 is 2.68 bits per heavy atom. The summed E-state index contributed by atoms with van der Waals surface area (Å²) in [4.78, 5) is 0. The van der Waals surface area contributed by atoms with E-state index >= 15 is 0 Å². The van der Waals surface area contributed by atoms with Crippen LogP contribution < -0.4 is 10.1 Å². The van der Waals surface area contributed by atoms with Gasteiger partial charge in [0.15, 0.2) is 0 Å². The summed E-state index contributed by atoms with van der Waals surface area (Å²) >= 11 is 6.15. The van der Waals surface area contributed by atoms with E-state index in [-0.39, 0.29) is 0 Å². The van der Waals surface area contributed by atoms with Crippen LogP contribution in [0.4, 0.5) is 0 Å². The van der Waals surface area contributed by atoms with E-state index in [1.54, 1.807) is 4.68 Å². The van der Waals surface area contributed by atoms with Gasteiger partial charge in [-0.2, -0.15) is 5.10 Å². The summed E-state index contributed by atoms with van der Waals surface area (Å²) in [7, 11) is 1.84. The van der Waals surface area contributed by atoms with Crippen molar-refractivity contribution in [3.05, 3.63) is 46.7 Å². The van der Waals surface area contributed by atoms with Crippen molar-refractivity contribution < 1.29 is 4.74 Å². The highest BCUT2D eigenvalue weighted by Gasteiger charge is 2.09. The second kappa shape index (κ2) is 6.59. The van der Waals surface area contributed by atoms with Gasteiger partial charge in [0.2, 0.25) is 0 Å². The molecule has 0 spiro atoms. The van der Waals surface area contributed by atoms with Crippen LogP contribution in [0.25, 0.3) is 0 Å². The molecule has 0 unspecified atom stereocenters. The lowest BCUT2D eigenvalue weighted by Gasteiger charge is -2.07. The Kier molecular flexibility index (Phi) is 4.82. The van der Waals surface area contributed by atoms with E-state index in [4.69, 9.17) is 16.3 Å². The van der Waals surface area contributed by atoms with Crippen LogP contribution in [0.1, 0.15) is 11.3 Å².